The highest BCUT2D eigenvalue weighted by Gasteiger charge is 2.44. The number of aliphatic hydroxyl groups is 6. The summed E-state index contributed by atoms with van der Waals surface area (Å²) >= 11 is 0. The Bertz CT molecular complexity index is 853. The first-order valence-electron chi connectivity index (χ1n) is 15.8. The highest BCUT2D eigenvalue weighted by atomic mass is 16.7. The quantitative estimate of drug-likeness (QED) is 0.105. The van der Waals surface area contributed by atoms with E-state index in [9.17, 15) is 35.4 Å². The molecule has 1 aromatic rings. The van der Waals surface area contributed by atoms with Crippen LogP contribution in [0.1, 0.15) is 106 Å². The van der Waals surface area contributed by atoms with Crippen molar-refractivity contribution in [1.82, 2.24) is 5.32 Å². The molecule has 0 spiro atoms. The smallest absolute Gasteiger partial charge is 0.251 e. The van der Waals surface area contributed by atoms with Crippen molar-refractivity contribution in [3.05, 3.63) is 35.4 Å². The van der Waals surface area contributed by atoms with Crippen LogP contribution >= 0.6 is 0 Å². The van der Waals surface area contributed by atoms with E-state index < -0.39 is 61.5 Å². The Kier molecular flexibility index (Phi) is 17.7. The van der Waals surface area contributed by atoms with Crippen molar-refractivity contribution < 1.29 is 44.9 Å². The molecule has 7 N–H and O–H groups in total. The van der Waals surface area contributed by atoms with Gasteiger partial charge in [-0.1, -0.05) is 102 Å². The SMILES string of the molecule is CCCCCCCCCCCCCCC(O)C(O)C(CO[C@H]1O[C@H](CO)[C@H](O)[C@H](O)[C@H]1O)NC(=O)c1ccc(C)cc1. The summed E-state index contributed by atoms with van der Waals surface area (Å²) in [5, 5.41) is 64.3. The molecule has 1 fully saturated rings. The molecular formula is C32H55NO9. The molecule has 0 aromatic heterocycles. The summed E-state index contributed by atoms with van der Waals surface area (Å²) in [6.45, 7) is 3.15. The topological polar surface area (TPSA) is 169 Å². The van der Waals surface area contributed by atoms with E-state index in [2.05, 4.69) is 12.2 Å². The minimum atomic E-state index is -1.63. The molecule has 1 aliphatic rings. The number of nitrogens with one attached hydrogen (secondary N) is 1. The molecule has 1 aliphatic heterocycles. The van der Waals surface area contributed by atoms with Gasteiger partial charge in [0.05, 0.1) is 25.4 Å². The third-order valence-electron chi connectivity index (χ3n) is 8.08. The van der Waals surface area contributed by atoms with E-state index in [0.717, 1.165) is 31.2 Å². The van der Waals surface area contributed by atoms with Crippen LogP contribution in [0.25, 0.3) is 0 Å². The second kappa shape index (κ2) is 20.3. The van der Waals surface area contributed by atoms with Crippen molar-refractivity contribution in [2.24, 2.45) is 0 Å². The third kappa shape index (κ3) is 12.5. The Labute approximate surface area is 251 Å². The Balaban J connectivity index is 1.86. The van der Waals surface area contributed by atoms with Crippen LogP contribution in [0.2, 0.25) is 0 Å². The largest absolute Gasteiger partial charge is 0.394 e. The molecule has 1 aromatic carbocycles. The van der Waals surface area contributed by atoms with Gasteiger partial charge in [-0.05, 0) is 25.5 Å². The number of carbonyl (C=O) groups excluding carboxylic acids is 1. The standard InChI is InChI=1S/C32H55NO9/c1-3-4-5-6-7-8-9-10-11-12-13-14-15-25(35)27(36)24(33-31(40)23-18-16-22(2)17-19-23)21-41-32-30(39)29(38)28(37)26(20-34)42-32/h16-19,24-30,32,34-39H,3-15,20-21H2,1-2H3,(H,33,40)/t24?,25?,26-,27?,28+,29+,30-,32+/m1/s1. The van der Waals surface area contributed by atoms with Crippen molar-refractivity contribution in [3.8, 4) is 0 Å². The lowest BCUT2D eigenvalue weighted by Crippen LogP contribution is -2.60. The van der Waals surface area contributed by atoms with Crippen LogP contribution < -0.4 is 5.32 Å². The summed E-state index contributed by atoms with van der Waals surface area (Å²) in [7, 11) is 0. The number of rotatable bonds is 21. The Morgan fingerprint density at radius 1 is 0.857 bits per heavy atom. The molecule has 8 atom stereocenters. The van der Waals surface area contributed by atoms with Crippen LogP contribution in [0.15, 0.2) is 24.3 Å². The van der Waals surface area contributed by atoms with E-state index in [1.54, 1.807) is 24.3 Å². The van der Waals surface area contributed by atoms with Crippen molar-refractivity contribution >= 4 is 5.91 Å². The number of ether oxygens (including phenoxy) is 2. The van der Waals surface area contributed by atoms with Crippen LogP contribution in [0.3, 0.4) is 0 Å². The van der Waals surface area contributed by atoms with Gasteiger partial charge in [-0.3, -0.25) is 4.79 Å². The number of aliphatic hydroxyl groups excluding tert-OH is 6. The highest BCUT2D eigenvalue weighted by molar-refractivity contribution is 5.94. The fourth-order valence-electron chi connectivity index (χ4n) is 5.22. The number of aryl methyl sites for hydroxylation is 1. The zero-order chi connectivity index (χ0) is 30.9. The van der Waals surface area contributed by atoms with E-state index in [1.807, 2.05) is 6.92 Å². The molecular weight excluding hydrogens is 542 g/mol. The van der Waals surface area contributed by atoms with Crippen molar-refractivity contribution in [2.75, 3.05) is 13.2 Å². The lowest BCUT2D eigenvalue weighted by atomic mass is 9.98. The molecule has 3 unspecified atom stereocenters. The molecule has 10 nitrogen and oxygen atoms in total. The summed E-state index contributed by atoms with van der Waals surface area (Å²) in [6, 6.07) is 5.80. The average Bonchev–Trinajstić information content (AvgIpc) is 2.99. The van der Waals surface area contributed by atoms with Gasteiger partial charge in [0.25, 0.3) is 5.91 Å². The number of hydrogen-bond donors (Lipinski definition) is 7. The summed E-state index contributed by atoms with van der Waals surface area (Å²) in [5.41, 5.74) is 1.34. The number of amides is 1. The molecule has 1 saturated heterocycles. The van der Waals surface area contributed by atoms with Crippen molar-refractivity contribution in [2.45, 2.75) is 146 Å². The highest BCUT2D eigenvalue weighted by Crippen LogP contribution is 2.23. The maximum absolute atomic E-state index is 12.9. The van der Waals surface area contributed by atoms with Gasteiger partial charge >= 0.3 is 0 Å². The van der Waals surface area contributed by atoms with Crippen molar-refractivity contribution in [3.63, 3.8) is 0 Å². The fraction of sp³-hybridized carbons (Fsp3) is 0.781. The predicted molar refractivity (Wildman–Crippen MR) is 160 cm³/mol. The zero-order valence-electron chi connectivity index (χ0n) is 25.4. The van der Waals surface area contributed by atoms with Gasteiger partial charge in [0, 0.05) is 5.56 Å². The summed E-state index contributed by atoms with van der Waals surface area (Å²) < 4.78 is 11.0. The molecule has 1 amide bonds. The Hall–Kier alpha value is -1.63. The van der Waals surface area contributed by atoms with Crippen LogP contribution in [0.4, 0.5) is 0 Å². The van der Waals surface area contributed by atoms with Gasteiger partial charge in [-0.2, -0.15) is 0 Å². The van der Waals surface area contributed by atoms with Crippen LogP contribution in [0, 0.1) is 6.92 Å². The lowest BCUT2D eigenvalue weighted by Gasteiger charge is -2.40. The number of hydrogen-bond acceptors (Lipinski definition) is 9. The van der Waals surface area contributed by atoms with Crippen LogP contribution in [0.5, 0.6) is 0 Å². The van der Waals surface area contributed by atoms with Crippen molar-refractivity contribution in [1.29, 1.82) is 0 Å². The Morgan fingerprint density at radius 2 is 1.40 bits per heavy atom. The molecule has 2 rings (SSSR count). The normalized spacial score (nSPS) is 24.7. The summed E-state index contributed by atoms with van der Waals surface area (Å²) in [6.07, 6.45) is 4.65. The van der Waals surface area contributed by atoms with Crippen LogP contribution in [-0.2, 0) is 9.47 Å². The molecule has 1 heterocycles. The number of carbonyl (C=O) groups is 1. The minimum absolute atomic E-state index is 0.343. The summed E-state index contributed by atoms with van der Waals surface area (Å²) in [4.78, 5) is 12.9. The van der Waals surface area contributed by atoms with E-state index >= 15 is 0 Å². The van der Waals surface area contributed by atoms with Gasteiger partial charge in [0.15, 0.2) is 6.29 Å². The molecule has 0 aliphatic carbocycles. The fourth-order valence-corrected chi connectivity index (χ4v) is 5.22. The average molecular weight is 598 g/mol. The van der Waals surface area contributed by atoms with Gasteiger partial charge < -0.3 is 45.4 Å². The zero-order valence-corrected chi connectivity index (χ0v) is 25.4. The maximum Gasteiger partial charge on any atom is 0.251 e. The number of unbranched alkanes of at least 4 members (excludes halogenated alkanes) is 11. The van der Waals surface area contributed by atoms with E-state index in [-0.39, 0.29) is 6.61 Å². The van der Waals surface area contributed by atoms with Gasteiger partial charge in [-0.25, -0.2) is 0 Å². The second-order valence-corrected chi connectivity index (χ2v) is 11.7. The molecule has 0 bridgehead atoms. The van der Waals surface area contributed by atoms with Gasteiger partial charge in [-0.15, -0.1) is 0 Å². The lowest BCUT2D eigenvalue weighted by molar-refractivity contribution is -0.303. The molecule has 10 heteroatoms. The van der Waals surface area contributed by atoms with Gasteiger partial charge in [0.2, 0.25) is 0 Å². The maximum atomic E-state index is 12.9. The Morgan fingerprint density at radius 3 is 1.95 bits per heavy atom. The van der Waals surface area contributed by atoms with E-state index in [4.69, 9.17) is 9.47 Å². The molecule has 0 radical (unpaired) electrons. The van der Waals surface area contributed by atoms with Gasteiger partial charge in [0.1, 0.15) is 30.5 Å². The number of benzene rings is 1. The molecule has 42 heavy (non-hydrogen) atoms. The summed E-state index contributed by atoms with van der Waals surface area (Å²) in [5.74, 6) is -0.478. The van der Waals surface area contributed by atoms with E-state index in [0.29, 0.717) is 12.0 Å². The molecule has 242 valence electrons. The first-order chi connectivity index (χ1) is 20.2. The molecule has 0 saturated carbocycles. The first-order valence-corrected chi connectivity index (χ1v) is 15.8. The second-order valence-electron chi connectivity index (χ2n) is 11.7. The predicted octanol–water partition coefficient (Wildman–Crippen LogP) is 2.72. The van der Waals surface area contributed by atoms with Crippen LogP contribution in [-0.4, -0.2) is 98.7 Å². The minimum Gasteiger partial charge on any atom is -0.394 e. The first kappa shape index (κ1) is 36.6. The monoisotopic (exact) mass is 597 g/mol. The third-order valence-corrected chi connectivity index (χ3v) is 8.08. The van der Waals surface area contributed by atoms with E-state index in [1.165, 1.54) is 51.4 Å².